The molecule has 6 heteroatoms. The van der Waals surface area contributed by atoms with E-state index in [4.69, 9.17) is 4.74 Å². The van der Waals surface area contributed by atoms with Crippen LogP contribution in [0.5, 0.6) is 0 Å². The molecule has 1 saturated heterocycles. The zero-order valence-corrected chi connectivity index (χ0v) is 14.4. The number of imidazole rings is 1. The van der Waals surface area contributed by atoms with Crippen molar-refractivity contribution in [3.63, 3.8) is 0 Å². The van der Waals surface area contributed by atoms with E-state index in [0.29, 0.717) is 6.54 Å². The highest BCUT2D eigenvalue weighted by Gasteiger charge is 2.24. The zero-order chi connectivity index (χ0) is 16.2. The van der Waals surface area contributed by atoms with Crippen molar-refractivity contribution in [2.45, 2.75) is 44.2 Å². The molecule has 1 aromatic carbocycles. The fraction of sp³-hybridized carbons (Fsp3) is 0.529. The maximum absolute atomic E-state index is 12.5. The van der Waals surface area contributed by atoms with Gasteiger partial charge >= 0.3 is 0 Å². The summed E-state index contributed by atoms with van der Waals surface area (Å²) in [6.07, 6.45) is 4.29. The molecule has 2 atom stereocenters. The summed E-state index contributed by atoms with van der Waals surface area (Å²) in [7, 11) is 0. The highest BCUT2D eigenvalue weighted by Crippen LogP contribution is 2.19. The van der Waals surface area contributed by atoms with Crippen LogP contribution < -0.4 is 5.32 Å². The minimum Gasteiger partial charge on any atom is -0.376 e. The number of nitrogens with zero attached hydrogens (tertiary/aromatic N) is 2. The lowest BCUT2D eigenvalue weighted by Crippen LogP contribution is -2.42. The summed E-state index contributed by atoms with van der Waals surface area (Å²) in [6.45, 7) is 3.12. The first-order valence-electron chi connectivity index (χ1n) is 8.03. The smallest absolute Gasteiger partial charge is 0.240 e. The maximum atomic E-state index is 12.5. The van der Waals surface area contributed by atoms with Gasteiger partial charge in [0.15, 0.2) is 0 Å². The van der Waals surface area contributed by atoms with Crippen LogP contribution in [0.3, 0.4) is 0 Å². The van der Waals surface area contributed by atoms with Gasteiger partial charge < -0.3 is 14.6 Å². The molecule has 3 rings (SSSR count). The summed E-state index contributed by atoms with van der Waals surface area (Å²) in [5, 5.41) is 3.07. The summed E-state index contributed by atoms with van der Waals surface area (Å²) in [4.78, 5) is 17.1. The number of aromatic nitrogens is 2. The molecular formula is C17H23N3O2S. The van der Waals surface area contributed by atoms with Gasteiger partial charge in [0.2, 0.25) is 5.91 Å². The first kappa shape index (κ1) is 16.3. The van der Waals surface area contributed by atoms with E-state index in [1.807, 2.05) is 42.0 Å². The van der Waals surface area contributed by atoms with Gasteiger partial charge in [0.05, 0.1) is 28.9 Å². The molecule has 124 valence electrons. The van der Waals surface area contributed by atoms with E-state index in [-0.39, 0.29) is 18.1 Å². The average Bonchev–Trinajstić information content (AvgIpc) is 3.17. The summed E-state index contributed by atoms with van der Waals surface area (Å²) in [5.74, 6) is 1.75. The van der Waals surface area contributed by atoms with E-state index < -0.39 is 0 Å². The number of para-hydroxylation sites is 2. The average molecular weight is 333 g/mol. The lowest BCUT2D eigenvalue weighted by atomic mass is 10.1. The molecule has 0 aliphatic carbocycles. The van der Waals surface area contributed by atoms with Crippen LogP contribution in [0, 0.1) is 0 Å². The van der Waals surface area contributed by atoms with E-state index in [1.165, 1.54) is 0 Å². The summed E-state index contributed by atoms with van der Waals surface area (Å²) < 4.78 is 7.66. The molecular weight excluding hydrogens is 310 g/mol. The molecule has 1 amide bonds. The van der Waals surface area contributed by atoms with Gasteiger partial charge in [0.1, 0.15) is 12.4 Å². The number of hydrogen-bond donors (Lipinski definition) is 1. The number of ether oxygens (including phenoxy) is 1. The Kier molecular flexibility index (Phi) is 5.23. The van der Waals surface area contributed by atoms with Crippen molar-refractivity contribution in [3.8, 4) is 0 Å². The highest BCUT2D eigenvalue weighted by atomic mass is 32.2. The van der Waals surface area contributed by atoms with Gasteiger partial charge in [-0.25, -0.2) is 4.98 Å². The molecule has 1 aliphatic rings. The van der Waals surface area contributed by atoms with Crippen LogP contribution in [0.4, 0.5) is 0 Å². The predicted octanol–water partition coefficient (Wildman–Crippen LogP) is 2.58. The van der Waals surface area contributed by atoms with Crippen LogP contribution in [0.1, 0.15) is 25.6 Å². The summed E-state index contributed by atoms with van der Waals surface area (Å²) in [6, 6.07) is 8.01. The van der Waals surface area contributed by atoms with Crippen molar-refractivity contribution in [2.24, 2.45) is 0 Å². The molecule has 23 heavy (non-hydrogen) atoms. The number of amides is 1. The predicted molar refractivity (Wildman–Crippen MR) is 93.5 cm³/mol. The third-order valence-electron chi connectivity index (χ3n) is 4.22. The molecule has 2 aromatic rings. The van der Waals surface area contributed by atoms with Crippen LogP contribution in [-0.4, -0.2) is 40.5 Å². The second kappa shape index (κ2) is 7.36. The molecule has 0 unspecified atom stereocenters. The molecule has 5 nitrogen and oxygen atoms in total. The quantitative estimate of drug-likeness (QED) is 0.883. The lowest BCUT2D eigenvalue weighted by Gasteiger charge is -2.20. The Morgan fingerprint density at radius 2 is 2.35 bits per heavy atom. The van der Waals surface area contributed by atoms with E-state index in [1.54, 1.807) is 11.8 Å². The molecule has 0 saturated carbocycles. The number of nitrogens with one attached hydrogen (secondary N) is 1. The second-order valence-electron chi connectivity index (χ2n) is 5.94. The largest absolute Gasteiger partial charge is 0.376 e. The van der Waals surface area contributed by atoms with Gasteiger partial charge in [-0.15, -0.1) is 0 Å². The first-order chi connectivity index (χ1) is 11.2. The number of carbonyl (C=O) groups excluding carboxylic acids is 1. The van der Waals surface area contributed by atoms with Gasteiger partial charge in [-0.05, 0) is 38.2 Å². The first-order valence-corrected chi connectivity index (χ1v) is 9.42. The van der Waals surface area contributed by atoms with Gasteiger partial charge in [0.25, 0.3) is 0 Å². The number of rotatable bonds is 6. The Morgan fingerprint density at radius 3 is 3.09 bits per heavy atom. The normalized spacial score (nSPS) is 19.1. The summed E-state index contributed by atoms with van der Waals surface area (Å²) >= 11 is 1.71. The summed E-state index contributed by atoms with van der Waals surface area (Å²) in [5.41, 5.74) is 1.95. The highest BCUT2D eigenvalue weighted by molar-refractivity contribution is 7.97. The zero-order valence-electron chi connectivity index (χ0n) is 13.6. The van der Waals surface area contributed by atoms with Gasteiger partial charge in [-0.3, -0.25) is 4.79 Å². The van der Waals surface area contributed by atoms with Gasteiger partial charge in [-0.1, -0.05) is 12.1 Å². The standard InChI is InChI=1S/C17H23N3O2S/c1-12(15-8-5-9-22-15)18-17(21)10-20-14-7-4-3-6-13(14)19-16(20)11-23-2/h3-4,6-7,12,15H,5,8-11H2,1-2H3,(H,18,21)/t12-,15-/m1/s1. The van der Waals surface area contributed by atoms with Crippen molar-refractivity contribution < 1.29 is 9.53 Å². The molecule has 2 heterocycles. The molecule has 1 aliphatic heterocycles. The lowest BCUT2D eigenvalue weighted by molar-refractivity contribution is -0.123. The van der Waals surface area contributed by atoms with Crippen LogP contribution in [0.25, 0.3) is 11.0 Å². The third-order valence-corrected chi connectivity index (χ3v) is 4.77. The van der Waals surface area contributed by atoms with Crippen molar-refractivity contribution in [3.05, 3.63) is 30.1 Å². The number of carbonyl (C=O) groups is 1. The number of thioether (sulfide) groups is 1. The Hall–Kier alpha value is -1.53. The van der Waals surface area contributed by atoms with Crippen molar-refractivity contribution in [1.82, 2.24) is 14.9 Å². The minimum atomic E-state index is 0.0125. The van der Waals surface area contributed by atoms with E-state index in [0.717, 1.165) is 42.1 Å². The van der Waals surface area contributed by atoms with Crippen LogP contribution in [-0.2, 0) is 21.8 Å². The molecule has 0 bridgehead atoms. The van der Waals surface area contributed by atoms with Crippen LogP contribution >= 0.6 is 11.8 Å². The van der Waals surface area contributed by atoms with E-state index in [2.05, 4.69) is 10.3 Å². The fourth-order valence-electron chi connectivity index (χ4n) is 3.07. The molecule has 0 spiro atoms. The molecule has 1 fully saturated rings. The SMILES string of the molecule is CSCc1nc2ccccc2n1CC(=O)N[C@H](C)[C@H]1CCCO1. The Balaban J connectivity index is 1.74. The molecule has 1 aromatic heterocycles. The second-order valence-corrected chi connectivity index (χ2v) is 6.81. The topological polar surface area (TPSA) is 56.2 Å². The third kappa shape index (κ3) is 3.70. The van der Waals surface area contributed by atoms with Crippen LogP contribution in [0.15, 0.2) is 24.3 Å². The number of hydrogen-bond acceptors (Lipinski definition) is 4. The monoisotopic (exact) mass is 333 g/mol. The van der Waals surface area contributed by atoms with Gasteiger partial charge in [0, 0.05) is 6.61 Å². The van der Waals surface area contributed by atoms with Gasteiger partial charge in [-0.2, -0.15) is 11.8 Å². The van der Waals surface area contributed by atoms with E-state index in [9.17, 15) is 4.79 Å². The fourth-order valence-corrected chi connectivity index (χ4v) is 3.55. The minimum absolute atomic E-state index is 0.0125. The van der Waals surface area contributed by atoms with Crippen molar-refractivity contribution in [2.75, 3.05) is 12.9 Å². The maximum Gasteiger partial charge on any atom is 0.240 e. The molecule has 1 N–H and O–H groups in total. The van der Waals surface area contributed by atoms with E-state index >= 15 is 0 Å². The van der Waals surface area contributed by atoms with Crippen molar-refractivity contribution in [1.29, 1.82) is 0 Å². The molecule has 0 radical (unpaired) electrons. The van der Waals surface area contributed by atoms with Crippen molar-refractivity contribution >= 4 is 28.7 Å². The Labute approximate surface area is 140 Å². The number of benzene rings is 1. The van der Waals surface area contributed by atoms with Crippen LogP contribution in [0.2, 0.25) is 0 Å². The number of fused-ring (bicyclic) bond motifs is 1. The Bertz CT molecular complexity index is 680. The Morgan fingerprint density at radius 1 is 1.52 bits per heavy atom.